The molecule has 1 amide bonds. The number of alkyl halides is 3. The molecule has 0 aliphatic heterocycles. The van der Waals surface area contributed by atoms with Crippen LogP contribution in [0.1, 0.15) is 68.2 Å². The first kappa shape index (κ1) is 22.3. The minimum Gasteiger partial charge on any atom is -0.345 e. The van der Waals surface area contributed by atoms with Gasteiger partial charge in [-0.3, -0.25) is 4.79 Å². The molecule has 2 aromatic rings. The molecule has 1 saturated carbocycles. The summed E-state index contributed by atoms with van der Waals surface area (Å²) in [5, 5.41) is 2.90. The fraction of sp³-hybridized carbons (Fsp3) is 0.458. The van der Waals surface area contributed by atoms with Crippen LogP contribution in [0.15, 0.2) is 48.5 Å². The normalized spacial score (nSPS) is 18.9. The van der Waals surface area contributed by atoms with Crippen LogP contribution in [0.2, 0.25) is 0 Å². The summed E-state index contributed by atoms with van der Waals surface area (Å²) in [4.78, 5) is 12.7. The average Bonchev–Trinajstić information content (AvgIpc) is 2.70. The predicted molar refractivity (Wildman–Crippen MR) is 109 cm³/mol. The molecule has 3 rings (SSSR count). The lowest BCUT2D eigenvalue weighted by Crippen LogP contribution is -2.35. The number of amides is 1. The lowest BCUT2D eigenvalue weighted by Gasteiger charge is -2.35. The topological polar surface area (TPSA) is 29.1 Å². The van der Waals surface area contributed by atoms with E-state index in [1.807, 2.05) is 30.3 Å². The van der Waals surface area contributed by atoms with Gasteiger partial charge in [0.1, 0.15) is 12.0 Å². The number of hydrogen-bond acceptors (Lipinski definition) is 1. The van der Waals surface area contributed by atoms with Crippen LogP contribution in [0.5, 0.6) is 0 Å². The van der Waals surface area contributed by atoms with Crippen molar-refractivity contribution in [2.45, 2.75) is 63.6 Å². The number of carbonyl (C=O) groups excluding carboxylic acids is 1. The van der Waals surface area contributed by atoms with E-state index in [1.54, 1.807) is 19.9 Å². The van der Waals surface area contributed by atoms with Crippen LogP contribution in [0.3, 0.4) is 0 Å². The molecule has 0 unspecified atom stereocenters. The van der Waals surface area contributed by atoms with Crippen molar-refractivity contribution in [3.05, 3.63) is 71.0 Å². The molecular weight excluding hydrogens is 394 g/mol. The van der Waals surface area contributed by atoms with Gasteiger partial charge in [0, 0.05) is 18.8 Å². The Morgan fingerprint density at radius 2 is 1.80 bits per heavy atom. The summed E-state index contributed by atoms with van der Waals surface area (Å²) in [6.45, 7) is 3.39. The maximum Gasteiger partial charge on any atom is 0.249 e. The van der Waals surface area contributed by atoms with E-state index in [2.05, 4.69) is 5.32 Å². The molecule has 0 radical (unpaired) electrons. The molecule has 2 aromatic carbocycles. The highest BCUT2D eigenvalue weighted by atomic mass is 19.3. The molecule has 0 spiro atoms. The zero-order valence-electron chi connectivity index (χ0n) is 17.2. The first-order valence-corrected chi connectivity index (χ1v) is 10.4. The number of halogens is 4. The van der Waals surface area contributed by atoms with Crippen molar-refractivity contribution in [1.29, 1.82) is 0 Å². The number of hydrogen-bond donors (Lipinski definition) is 1. The average molecular weight is 421 g/mol. The molecule has 1 fully saturated rings. The minimum atomic E-state index is -2.72. The molecular formula is C24H27F4NO. The number of carbonyl (C=O) groups is 1. The Balaban J connectivity index is 1.83. The molecule has 6 heteroatoms. The molecule has 1 aliphatic rings. The van der Waals surface area contributed by atoms with Gasteiger partial charge in [-0.2, -0.15) is 0 Å². The van der Waals surface area contributed by atoms with Crippen LogP contribution in [-0.4, -0.2) is 18.0 Å². The molecule has 1 aliphatic carbocycles. The van der Waals surface area contributed by atoms with Gasteiger partial charge in [0.25, 0.3) is 0 Å². The lowest BCUT2D eigenvalue weighted by atomic mass is 9.76. The quantitative estimate of drug-likeness (QED) is 0.497. The van der Waals surface area contributed by atoms with E-state index in [-0.39, 0.29) is 30.7 Å². The molecule has 3 atom stereocenters. The van der Waals surface area contributed by atoms with Crippen LogP contribution in [0, 0.1) is 11.7 Å². The lowest BCUT2D eigenvalue weighted by molar-refractivity contribution is -0.125. The van der Waals surface area contributed by atoms with Crippen LogP contribution >= 0.6 is 0 Å². The molecule has 0 saturated heterocycles. The van der Waals surface area contributed by atoms with Gasteiger partial charge in [0.15, 0.2) is 0 Å². The van der Waals surface area contributed by atoms with E-state index < -0.39 is 35.8 Å². The summed E-state index contributed by atoms with van der Waals surface area (Å²) in [6.07, 6.45) is -1.29. The van der Waals surface area contributed by atoms with Gasteiger partial charge in [-0.1, -0.05) is 56.3 Å². The Kier molecular flexibility index (Phi) is 6.84. The summed E-state index contributed by atoms with van der Waals surface area (Å²) in [7, 11) is 0. The summed E-state index contributed by atoms with van der Waals surface area (Å²) in [5.74, 6) is -4.62. The van der Waals surface area contributed by atoms with E-state index in [0.29, 0.717) is 12.0 Å². The standard InChI is InChI=1S/C24H27F4NO/c1-3-19(25)11-15(2)23(30)29-22(16-7-5-4-6-8-16)17-9-10-20(21(26)12-17)18-13-24(27,28)14-18/h4-10,12,15,18-19,22H,3,11,13-14H2,1-2H3,(H,29,30)/t15-,19-,22-/m0/s1. The summed E-state index contributed by atoms with van der Waals surface area (Å²) in [5.41, 5.74) is 1.55. The Morgan fingerprint density at radius 1 is 1.13 bits per heavy atom. The van der Waals surface area contributed by atoms with Crippen LogP contribution in [0.25, 0.3) is 0 Å². The van der Waals surface area contributed by atoms with Crippen molar-refractivity contribution in [3.8, 4) is 0 Å². The smallest absolute Gasteiger partial charge is 0.249 e. The van der Waals surface area contributed by atoms with Crippen molar-refractivity contribution < 1.29 is 22.4 Å². The summed E-state index contributed by atoms with van der Waals surface area (Å²) in [6, 6.07) is 13.0. The van der Waals surface area contributed by atoms with E-state index >= 15 is 0 Å². The highest BCUT2D eigenvalue weighted by molar-refractivity contribution is 5.79. The number of rotatable bonds is 8. The molecule has 2 nitrogen and oxygen atoms in total. The fourth-order valence-corrected chi connectivity index (χ4v) is 3.88. The molecule has 162 valence electrons. The van der Waals surface area contributed by atoms with Crippen molar-refractivity contribution in [3.63, 3.8) is 0 Å². The second kappa shape index (κ2) is 9.19. The van der Waals surface area contributed by atoms with Crippen molar-refractivity contribution in [2.75, 3.05) is 0 Å². The van der Waals surface area contributed by atoms with E-state index in [4.69, 9.17) is 0 Å². The van der Waals surface area contributed by atoms with E-state index in [9.17, 15) is 22.4 Å². The van der Waals surface area contributed by atoms with Crippen LogP contribution in [0.4, 0.5) is 17.6 Å². The van der Waals surface area contributed by atoms with Gasteiger partial charge < -0.3 is 5.32 Å². The first-order valence-electron chi connectivity index (χ1n) is 10.4. The largest absolute Gasteiger partial charge is 0.345 e. The third kappa shape index (κ3) is 5.21. The van der Waals surface area contributed by atoms with Gasteiger partial charge in [-0.25, -0.2) is 17.6 Å². The third-order valence-corrected chi connectivity index (χ3v) is 5.81. The van der Waals surface area contributed by atoms with Gasteiger partial charge >= 0.3 is 0 Å². The highest BCUT2D eigenvalue weighted by Crippen LogP contribution is 2.49. The van der Waals surface area contributed by atoms with Gasteiger partial charge in [0.05, 0.1) is 6.04 Å². The third-order valence-electron chi connectivity index (χ3n) is 5.81. The van der Waals surface area contributed by atoms with E-state index in [0.717, 1.165) is 5.56 Å². The van der Waals surface area contributed by atoms with Crippen molar-refractivity contribution in [1.82, 2.24) is 5.32 Å². The molecule has 30 heavy (non-hydrogen) atoms. The maximum atomic E-state index is 14.8. The second-order valence-corrected chi connectivity index (χ2v) is 8.24. The first-order chi connectivity index (χ1) is 14.2. The van der Waals surface area contributed by atoms with E-state index in [1.165, 1.54) is 12.1 Å². The Bertz CT molecular complexity index is 863. The SMILES string of the molecule is CC[C@H](F)C[C@H](C)C(=O)N[C@@H](c1ccccc1)c1ccc(C2CC(F)(F)C2)c(F)c1. The van der Waals surface area contributed by atoms with Crippen LogP contribution in [-0.2, 0) is 4.79 Å². The number of benzene rings is 2. The molecule has 0 bridgehead atoms. The summed E-state index contributed by atoms with van der Waals surface area (Å²) >= 11 is 0. The fourth-order valence-electron chi connectivity index (χ4n) is 3.88. The summed E-state index contributed by atoms with van der Waals surface area (Å²) < 4.78 is 54.8. The van der Waals surface area contributed by atoms with Crippen molar-refractivity contribution >= 4 is 5.91 Å². The molecule has 0 aromatic heterocycles. The molecule has 1 N–H and O–H groups in total. The van der Waals surface area contributed by atoms with Gasteiger partial charge in [0.2, 0.25) is 11.8 Å². The Labute approximate surface area is 174 Å². The van der Waals surface area contributed by atoms with Crippen molar-refractivity contribution in [2.24, 2.45) is 5.92 Å². The monoisotopic (exact) mass is 421 g/mol. The highest BCUT2D eigenvalue weighted by Gasteiger charge is 2.46. The predicted octanol–water partition coefficient (Wildman–Crippen LogP) is 6.32. The Morgan fingerprint density at radius 3 is 2.37 bits per heavy atom. The van der Waals surface area contributed by atoms with Crippen LogP contribution < -0.4 is 5.32 Å². The molecule has 0 heterocycles. The zero-order chi connectivity index (χ0) is 21.9. The second-order valence-electron chi connectivity index (χ2n) is 8.24. The maximum absolute atomic E-state index is 14.8. The minimum absolute atomic E-state index is 0.118. The van der Waals surface area contributed by atoms with Gasteiger partial charge in [-0.15, -0.1) is 0 Å². The van der Waals surface area contributed by atoms with Gasteiger partial charge in [-0.05, 0) is 41.5 Å². The Hall–Kier alpha value is -2.37. The zero-order valence-corrected chi connectivity index (χ0v) is 17.2. The number of nitrogens with one attached hydrogen (secondary N) is 1.